The summed E-state index contributed by atoms with van der Waals surface area (Å²) in [6.45, 7) is 6.58. The Morgan fingerprint density at radius 3 is 2.63 bits per heavy atom. The van der Waals surface area contributed by atoms with E-state index in [0.717, 1.165) is 5.52 Å². The number of carbonyl (C=O) groups excluding carboxylic acids is 1. The molecule has 30 heavy (non-hydrogen) atoms. The molecule has 1 fully saturated rings. The number of amides is 1. The lowest BCUT2D eigenvalue weighted by Gasteiger charge is -2.29. The van der Waals surface area contributed by atoms with Gasteiger partial charge in [0.05, 0.1) is 32.7 Å². The number of fused-ring (bicyclic) bond motifs is 1. The second-order valence-electron chi connectivity index (χ2n) is 7.28. The molecule has 1 amide bonds. The minimum atomic E-state index is -3.84. The number of aromatic nitrogens is 2. The molecule has 2 N–H and O–H groups in total. The molecule has 0 spiro atoms. The number of sulfone groups is 1. The minimum Gasteiger partial charge on any atom is -0.338 e. The monoisotopic (exact) mass is 474 g/mol. The number of nitrogens with two attached hydrogens (primary N) is 1. The Kier molecular flexibility index (Phi) is 6.51. The molecule has 166 valence electrons. The first-order valence-corrected chi connectivity index (χ1v) is 13.9. The van der Waals surface area contributed by atoms with E-state index in [4.69, 9.17) is 5.14 Å². The number of hydrogen-bond donors (Lipinski definition) is 1. The van der Waals surface area contributed by atoms with Gasteiger partial charge in [-0.15, -0.1) is 0 Å². The van der Waals surface area contributed by atoms with E-state index >= 15 is 0 Å². The van der Waals surface area contributed by atoms with Crippen molar-refractivity contribution in [2.24, 2.45) is 5.14 Å². The largest absolute Gasteiger partial charge is 0.338 e. The van der Waals surface area contributed by atoms with Gasteiger partial charge < -0.3 is 9.47 Å². The Morgan fingerprint density at radius 2 is 2.10 bits per heavy atom. The topological polar surface area (TPSA) is 132 Å². The van der Waals surface area contributed by atoms with Gasteiger partial charge in [-0.05, 0) is 45.4 Å². The molecule has 2 heterocycles. The van der Waals surface area contributed by atoms with Gasteiger partial charge in [-0.3, -0.25) is 4.79 Å². The number of aryl methyl sites for hydroxylation is 1. The molecule has 0 unspecified atom stereocenters. The van der Waals surface area contributed by atoms with E-state index in [0.29, 0.717) is 30.2 Å². The number of thioether (sulfide) groups is 1. The Bertz CT molecular complexity index is 1170. The van der Waals surface area contributed by atoms with Crippen LogP contribution in [0.3, 0.4) is 0 Å². The summed E-state index contributed by atoms with van der Waals surface area (Å²) in [5.74, 6) is -0.0149. The summed E-state index contributed by atoms with van der Waals surface area (Å²) in [6, 6.07) is 4.23. The van der Waals surface area contributed by atoms with E-state index in [1.165, 1.54) is 23.9 Å². The molecule has 1 aliphatic rings. The molecule has 0 bridgehead atoms. The van der Waals surface area contributed by atoms with Crippen LogP contribution in [0.4, 0.5) is 0 Å². The lowest BCUT2D eigenvalue weighted by Crippen LogP contribution is -2.44. The predicted octanol–water partition coefficient (Wildman–Crippen LogP) is 1.22. The Morgan fingerprint density at radius 1 is 1.40 bits per heavy atom. The smallest absolute Gasteiger partial charge is 0.238 e. The molecule has 1 aromatic heterocycles. The van der Waals surface area contributed by atoms with Crippen LogP contribution < -0.4 is 5.14 Å². The van der Waals surface area contributed by atoms with E-state index < -0.39 is 25.1 Å². The van der Waals surface area contributed by atoms with E-state index in [2.05, 4.69) is 4.98 Å². The average Bonchev–Trinajstić information content (AvgIpc) is 3.19. The first kappa shape index (κ1) is 23.0. The van der Waals surface area contributed by atoms with Crippen molar-refractivity contribution in [2.75, 3.05) is 18.1 Å². The molecule has 1 saturated heterocycles. The SMILES string of the molecule is CCN(C(=O)[C@H](C)Sc1nc2cc(S(N)(=O)=O)ccc2n1CC)[C@@H]1CCS(=O)(=O)C1. The highest BCUT2D eigenvalue weighted by atomic mass is 32.2. The zero-order chi connectivity index (χ0) is 22.3. The third-order valence-electron chi connectivity index (χ3n) is 5.23. The number of carbonyl (C=O) groups is 1. The number of imidazole rings is 1. The maximum atomic E-state index is 13.1. The number of nitrogens with zero attached hydrogens (tertiary/aromatic N) is 3. The van der Waals surface area contributed by atoms with Gasteiger partial charge in [0.15, 0.2) is 15.0 Å². The number of benzene rings is 1. The van der Waals surface area contributed by atoms with E-state index in [-0.39, 0.29) is 28.4 Å². The molecule has 0 saturated carbocycles. The van der Waals surface area contributed by atoms with Crippen molar-refractivity contribution in [3.8, 4) is 0 Å². The maximum absolute atomic E-state index is 13.1. The third kappa shape index (κ3) is 4.66. The lowest BCUT2D eigenvalue weighted by atomic mass is 10.2. The fourth-order valence-corrected chi connectivity index (χ4v) is 7.04. The lowest BCUT2D eigenvalue weighted by molar-refractivity contribution is -0.131. The Labute approximate surface area is 181 Å². The van der Waals surface area contributed by atoms with Crippen LogP contribution in [0, 0.1) is 0 Å². The van der Waals surface area contributed by atoms with Crippen LogP contribution in [-0.2, 0) is 31.2 Å². The highest BCUT2D eigenvalue weighted by Crippen LogP contribution is 2.30. The molecule has 0 radical (unpaired) electrons. The summed E-state index contributed by atoms with van der Waals surface area (Å²) in [4.78, 5) is 19.2. The van der Waals surface area contributed by atoms with Gasteiger partial charge in [-0.25, -0.2) is 27.0 Å². The van der Waals surface area contributed by atoms with Crippen LogP contribution in [-0.4, -0.2) is 66.5 Å². The fourth-order valence-electron chi connectivity index (χ4n) is 3.72. The molecule has 2 atom stereocenters. The predicted molar refractivity (Wildman–Crippen MR) is 117 cm³/mol. The maximum Gasteiger partial charge on any atom is 0.238 e. The van der Waals surface area contributed by atoms with E-state index in [1.807, 2.05) is 18.4 Å². The average molecular weight is 475 g/mol. The summed E-state index contributed by atoms with van der Waals surface area (Å²) in [5, 5.41) is 5.33. The van der Waals surface area contributed by atoms with Crippen molar-refractivity contribution in [1.29, 1.82) is 0 Å². The Hall–Kier alpha value is -1.63. The highest BCUT2D eigenvalue weighted by molar-refractivity contribution is 8.00. The van der Waals surface area contributed by atoms with Crippen LogP contribution >= 0.6 is 11.8 Å². The van der Waals surface area contributed by atoms with Gasteiger partial charge in [-0.2, -0.15) is 0 Å². The molecular formula is C18H26N4O5S3. The number of hydrogen-bond acceptors (Lipinski definition) is 7. The summed E-state index contributed by atoms with van der Waals surface area (Å²) in [5.41, 5.74) is 1.24. The van der Waals surface area contributed by atoms with Gasteiger partial charge in [0.1, 0.15) is 0 Å². The minimum absolute atomic E-state index is 0.00772. The second kappa shape index (κ2) is 8.48. The van der Waals surface area contributed by atoms with Crippen LogP contribution in [0.2, 0.25) is 0 Å². The van der Waals surface area contributed by atoms with Gasteiger partial charge >= 0.3 is 0 Å². The molecule has 1 aromatic carbocycles. The van der Waals surface area contributed by atoms with Crippen LogP contribution in [0.25, 0.3) is 11.0 Å². The second-order valence-corrected chi connectivity index (χ2v) is 12.4. The first-order chi connectivity index (χ1) is 14.0. The van der Waals surface area contributed by atoms with Crippen LogP contribution in [0.1, 0.15) is 27.2 Å². The zero-order valence-electron chi connectivity index (χ0n) is 17.1. The summed E-state index contributed by atoms with van der Waals surface area (Å²) in [6.07, 6.45) is 0.461. The van der Waals surface area contributed by atoms with E-state index in [9.17, 15) is 21.6 Å². The molecule has 12 heteroatoms. The van der Waals surface area contributed by atoms with Crippen LogP contribution in [0.5, 0.6) is 0 Å². The number of sulfonamides is 1. The van der Waals surface area contributed by atoms with Gasteiger partial charge in [0.2, 0.25) is 15.9 Å². The van der Waals surface area contributed by atoms with Gasteiger partial charge in [0, 0.05) is 19.1 Å². The normalized spacial score (nSPS) is 19.8. The van der Waals surface area contributed by atoms with Crippen molar-refractivity contribution in [1.82, 2.24) is 14.5 Å². The third-order valence-corrected chi connectivity index (χ3v) is 8.97. The molecular weight excluding hydrogens is 448 g/mol. The summed E-state index contributed by atoms with van der Waals surface area (Å²) >= 11 is 1.27. The van der Waals surface area contributed by atoms with Crippen LogP contribution in [0.15, 0.2) is 28.3 Å². The first-order valence-electron chi connectivity index (χ1n) is 9.67. The molecule has 3 rings (SSSR count). The van der Waals surface area contributed by atoms with Gasteiger partial charge in [0.25, 0.3) is 0 Å². The summed E-state index contributed by atoms with van der Waals surface area (Å²) in [7, 11) is -6.93. The quantitative estimate of drug-likeness (QED) is 0.597. The number of primary sulfonamides is 1. The molecule has 0 aliphatic carbocycles. The number of rotatable bonds is 7. The molecule has 9 nitrogen and oxygen atoms in total. The fraction of sp³-hybridized carbons (Fsp3) is 0.556. The standard InChI is InChI=1S/C18H26N4O5S3/c1-4-21(13-8-9-29(24,25)11-13)17(23)12(3)28-18-20-15-10-14(30(19,26)27)6-7-16(15)22(18)5-2/h6-7,10,12-13H,4-5,8-9,11H2,1-3H3,(H2,19,26,27)/t12-,13+/m0/s1. The molecule has 1 aliphatic heterocycles. The summed E-state index contributed by atoms with van der Waals surface area (Å²) < 4.78 is 48.8. The van der Waals surface area contributed by atoms with Gasteiger partial charge in [-0.1, -0.05) is 11.8 Å². The van der Waals surface area contributed by atoms with Crippen molar-refractivity contribution >= 4 is 48.6 Å². The van der Waals surface area contributed by atoms with E-state index in [1.54, 1.807) is 17.9 Å². The van der Waals surface area contributed by atoms with Crippen molar-refractivity contribution in [2.45, 2.75) is 55.1 Å². The van der Waals surface area contributed by atoms with Crippen molar-refractivity contribution in [3.05, 3.63) is 18.2 Å². The van der Waals surface area contributed by atoms with Crippen molar-refractivity contribution < 1.29 is 21.6 Å². The zero-order valence-corrected chi connectivity index (χ0v) is 19.6. The highest BCUT2D eigenvalue weighted by Gasteiger charge is 2.35. The molecule has 2 aromatic rings. The van der Waals surface area contributed by atoms with Crippen molar-refractivity contribution in [3.63, 3.8) is 0 Å². The Balaban J connectivity index is 1.86.